The zero-order chi connectivity index (χ0) is 23.9. The first-order valence-corrected chi connectivity index (χ1v) is 11.6. The lowest BCUT2D eigenvalue weighted by atomic mass is 10.1. The number of sulfonamides is 1. The van der Waals surface area contributed by atoms with Gasteiger partial charge in [0.15, 0.2) is 0 Å². The summed E-state index contributed by atoms with van der Waals surface area (Å²) in [7, 11) is -4.15. The van der Waals surface area contributed by atoms with Gasteiger partial charge in [0.2, 0.25) is 15.9 Å². The zero-order valence-electron chi connectivity index (χ0n) is 17.3. The normalized spacial score (nSPS) is 13.6. The Hall–Kier alpha value is -2.31. The molecule has 0 bridgehead atoms. The number of carbonyl (C=O) groups is 1. The van der Waals surface area contributed by atoms with Gasteiger partial charge >= 0.3 is 0 Å². The zero-order valence-corrected chi connectivity index (χ0v) is 18.9. The SMILES string of the molecule is CC(N)C(CNC(F)F)S(=O)(=O)Nc1cc(NC(=O)Cc2ccc(Cl)cc2)ccc1CN. The van der Waals surface area contributed by atoms with Crippen molar-refractivity contribution in [3.8, 4) is 0 Å². The molecule has 0 aromatic heterocycles. The van der Waals surface area contributed by atoms with E-state index in [1.807, 2.05) is 0 Å². The molecule has 8 nitrogen and oxygen atoms in total. The van der Waals surface area contributed by atoms with Crippen LogP contribution in [0.3, 0.4) is 0 Å². The van der Waals surface area contributed by atoms with E-state index < -0.39 is 34.4 Å². The van der Waals surface area contributed by atoms with Gasteiger partial charge in [-0.1, -0.05) is 29.8 Å². The standard InChI is InChI=1S/C20H26ClF2N5O3S/c1-12(25)18(11-26-20(22)23)32(30,31)28-17-9-16(7-4-14(17)10-24)27-19(29)8-13-2-5-15(21)6-3-13/h2-7,9,12,18,20,26,28H,8,10-11,24-25H2,1H3,(H,27,29). The summed E-state index contributed by atoms with van der Waals surface area (Å²) in [6.07, 6.45) is 0.0862. The van der Waals surface area contributed by atoms with Crippen LogP contribution in [0.15, 0.2) is 42.5 Å². The Labute approximate surface area is 190 Å². The van der Waals surface area contributed by atoms with Crippen molar-refractivity contribution in [1.82, 2.24) is 5.32 Å². The molecule has 1 amide bonds. The Bertz CT molecular complexity index is 1020. The predicted molar refractivity (Wildman–Crippen MR) is 122 cm³/mol. The van der Waals surface area contributed by atoms with Gasteiger partial charge in [-0.3, -0.25) is 14.8 Å². The Morgan fingerprint density at radius 2 is 1.81 bits per heavy atom. The van der Waals surface area contributed by atoms with Crippen LogP contribution in [0, 0.1) is 0 Å². The van der Waals surface area contributed by atoms with E-state index in [9.17, 15) is 22.0 Å². The summed E-state index contributed by atoms with van der Waals surface area (Å²) >= 11 is 5.84. The third-order valence-corrected chi connectivity index (χ3v) is 6.75. The van der Waals surface area contributed by atoms with Gasteiger partial charge in [0, 0.05) is 29.8 Å². The average Bonchev–Trinajstić information content (AvgIpc) is 2.69. The fourth-order valence-electron chi connectivity index (χ4n) is 2.93. The lowest BCUT2D eigenvalue weighted by Gasteiger charge is -2.23. The summed E-state index contributed by atoms with van der Waals surface area (Å²) in [5.74, 6) is -0.323. The van der Waals surface area contributed by atoms with Gasteiger partial charge < -0.3 is 16.8 Å². The second-order valence-corrected chi connectivity index (χ2v) is 9.52. The molecule has 2 unspecified atom stereocenters. The molecular formula is C20H26ClF2N5O3S. The number of hydrogen-bond donors (Lipinski definition) is 5. The molecular weight excluding hydrogens is 464 g/mol. The van der Waals surface area contributed by atoms with E-state index in [-0.39, 0.29) is 24.6 Å². The average molecular weight is 490 g/mol. The highest BCUT2D eigenvalue weighted by atomic mass is 35.5. The van der Waals surface area contributed by atoms with Crippen LogP contribution in [0.1, 0.15) is 18.1 Å². The van der Waals surface area contributed by atoms with Crippen LogP contribution < -0.4 is 26.8 Å². The largest absolute Gasteiger partial charge is 0.327 e. The Balaban J connectivity index is 2.19. The Morgan fingerprint density at radius 3 is 2.38 bits per heavy atom. The number of carbonyl (C=O) groups excluding carboxylic acids is 1. The van der Waals surface area contributed by atoms with Crippen molar-refractivity contribution in [3.63, 3.8) is 0 Å². The maximum atomic E-state index is 12.8. The molecule has 0 saturated heterocycles. The topological polar surface area (TPSA) is 139 Å². The molecule has 32 heavy (non-hydrogen) atoms. The van der Waals surface area contributed by atoms with Crippen molar-refractivity contribution in [2.75, 3.05) is 16.6 Å². The maximum absolute atomic E-state index is 12.8. The number of nitrogens with two attached hydrogens (primary N) is 2. The minimum atomic E-state index is -4.15. The molecule has 7 N–H and O–H groups in total. The third kappa shape index (κ3) is 7.68. The Kier molecular flexibility index (Phi) is 9.34. The lowest BCUT2D eigenvalue weighted by molar-refractivity contribution is -0.115. The first-order chi connectivity index (χ1) is 15.0. The summed E-state index contributed by atoms with van der Waals surface area (Å²) in [4.78, 5) is 12.4. The second kappa shape index (κ2) is 11.5. The minimum absolute atomic E-state index is 0.00891. The molecule has 176 valence electrons. The number of amides is 1. The van der Waals surface area contributed by atoms with Gasteiger partial charge in [-0.25, -0.2) is 8.42 Å². The quantitative estimate of drug-likeness (QED) is 0.307. The van der Waals surface area contributed by atoms with Gasteiger partial charge in [-0.05, 0) is 42.3 Å². The molecule has 0 radical (unpaired) electrons. The summed E-state index contributed by atoms with van der Waals surface area (Å²) in [5, 5.41) is 3.70. The van der Waals surface area contributed by atoms with Crippen LogP contribution >= 0.6 is 11.6 Å². The van der Waals surface area contributed by atoms with Crippen molar-refractivity contribution in [3.05, 3.63) is 58.6 Å². The molecule has 0 heterocycles. The molecule has 2 aromatic carbocycles. The summed E-state index contributed by atoms with van der Waals surface area (Å²) in [6.45, 7) is -2.01. The number of benzene rings is 2. The van der Waals surface area contributed by atoms with Crippen molar-refractivity contribution in [1.29, 1.82) is 0 Å². The van der Waals surface area contributed by atoms with E-state index in [0.717, 1.165) is 5.56 Å². The van der Waals surface area contributed by atoms with E-state index in [1.165, 1.54) is 13.0 Å². The molecule has 0 aliphatic rings. The first-order valence-electron chi connectivity index (χ1n) is 9.68. The lowest BCUT2D eigenvalue weighted by Crippen LogP contribution is -2.48. The smallest absolute Gasteiger partial charge is 0.292 e. The molecule has 0 saturated carbocycles. The van der Waals surface area contributed by atoms with Crippen LogP contribution in [0.4, 0.5) is 20.2 Å². The van der Waals surface area contributed by atoms with Gasteiger partial charge in [0.25, 0.3) is 6.55 Å². The van der Waals surface area contributed by atoms with Gasteiger partial charge in [-0.15, -0.1) is 0 Å². The van der Waals surface area contributed by atoms with Crippen LogP contribution in [-0.4, -0.2) is 38.7 Å². The molecule has 2 aromatic rings. The third-order valence-electron chi connectivity index (χ3n) is 4.60. The maximum Gasteiger partial charge on any atom is 0.292 e. The van der Waals surface area contributed by atoms with E-state index in [1.54, 1.807) is 41.7 Å². The number of rotatable bonds is 11. The van der Waals surface area contributed by atoms with Crippen molar-refractivity contribution in [2.45, 2.75) is 37.7 Å². The number of alkyl halides is 2. The monoisotopic (exact) mass is 489 g/mol. The second-order valence-electron chi connectivity index (χ2n) is 7.18. The fourth-order valence-corrected chi connectivity index (χ4v) is 4.59. The molecule has 0 spiro atoms. The van der Waals surface area contributed by atoms with E-state index in [2.05, 4.69) is 10.0 Å². The highest BCUT2D eigenvalue weighted by Crippen LogP contribution is 2.24. The summed E-state index contributed by atoms with van der Waals surface area (Å²) in [5.41, 5.74) is 13.1. The predicted octanol–water partition coefficient (Wildman–Crippen LogP) is 2.25. The highest BCUT2D eigenvalue weighted by molar-refractivity contribution is 7.93. The van der Waals surface area contributed by atoms with E-state index in [4.69, 9.17) is 23.1 Å². The van der Waals surface area contributed by atoms with Crippen LogP contribution in [0.25, 0.3) is 0 Å². The molecule has 0 aliphatic heterocycles. The fraction of sp³-hybridized carbons (Fsp3) is 0.350. The summed E-state index contributed by atoms with van der Waals surface area (Å²) < 4.78 is 53.0. The van der Waals surface area contributed by atoms with Crippen molar-refractivity contribution >= 4 is 38.9 Å². The Morgan fingerprint density at radius 1 is 1.16 bits per heavy atom. The van der Waals surface area contributed by atoms with Crippen molar-refractivity contribution in [2.24, 2.45) is 11.5 Å². The van der Waals surface area contributed by atoms with Gasteiger partial charge in [0.05, 0.1) is 12.1 Å². The molecule has 0 aliphatic carbocycles. The van der Waals surface area contributed by atoms with Crippen LogP contribution in [-0.2, 0) is 27.8 Å². The van der Waals surface area contributed by atoms with E-state index >= 15 is 0 Å². The van der Waals surface area contributed by atoms with Crippen molar-refractivity contribution < 1.29 is 22.0 Å². The van der Waals surface area contributed by atoms with Crippen LogP contribution in [0.2, 0.25) is 5.02 Å². The highest BCUT2D eigenvalue weighted by Gasteiger charge is 2.30. The minimum Gasteiger partial charge on any atom is -0.327 e. The van der Waals surface area contributed by atoms with Gasteiger partial charge in [0.1, 0.15) is 5.25 Å². The number of halogens is 3. The molecule has 2 atom stereocenters. The molecule has 0 fully saturated rings. The van der Waals surface area contributed by atoms with Gasteiger partial charge in [-0.2, -0.15) is 8.78 Å². The van der Waals surface area contributed by atoms with E-state index in [0.29, 0.717) is 16.3 Å². The number of anilines is 2. The summed E-state index contributed by atoms with van der Waals surface area (Å²) in [6, 6.07) is 10.4. The van der Waals surface area contributed by atoms with Crippen LogP contribution in [0.5, 0.6) is 0 Å². The molecule has 12 heteroatoms. The first kappa shape index (κ1) is 25.9. The number of nitrogens with one attached hydrogen (secondary N) is 3. The molecule has 2 rings (SSSR count). The number of hydrogen-bond acceptors (Lipinski definition) is 6.